The third-order valence-electron chi connectivity index (χ3n) is 3.30. The number of esters is 1. The van der Waals surface area contributed by atoms with E-state index in [1.807, 2.05) is 0 Å². The van der Waals surface area contributed by atoms with Crippen LogP contribution in [-0.2, 0) is 9.53 Å². The van der Waals surface area contributed by atoms with Crippen LogP contribution in [0, 0.1) is 17.6 Å². The van der Waals surface area contributed by atoms with E-state index < -0.39 is 23.5 Å². The number of methoxy groups -OCH3 is 1. The molecule has 1 aromatic rings. The van der Waals surface area contributed by atoms with Gasteiger partial charge >= 0.3 is 5.97 Å². The van der Waals surface area contributed by atoms with Crippen molar-refractivity contribution in [3.8, 4) is 0 Å². The third-order valence-corrected chi connectivity index (χ3v) is 3.30. The molecule has 20 heavy (non-hydrogen) atoms. The molecule has 0 bridgehead atoms. The van der Waals surface area contributed by atoms with Crippen molar-refractivity contribution in [2.24, 2.45) is 5.92 Å². The van der Waals surface area contributed by atoms with Gasteiger partial charge in [0.05, 0.1) is 19.1 Å². The predicted octanol–water partition coefficient (Wildman–Crippen LogP) is 2.04. The Bertz CT molecular complexity index is 529. The summed E-state index contributed by atoms with van der Waals surface area (Å²) in [7, 11) is 1.27. The van der Waals surface area contributed by atoms with Crippen LogP contribution in [0.5, 0.6) is 0 Å². The normalized spacial score (nSPS) is 15.6. The summed E-state index contributed by atoms with van der Waals surface area (Å²) in [5.74, 6) is -2.53. The lowest BCUT2D eigenvalue weighted by Crippen LogP contribution is -2.38. The summed E-state index contributed by atoms with van der Waals surface area (Å²) in [6.45, 7) is 0. The van der Waals surface area contributed by atoms with Crippen molar-refractivity contribution in [1.82, 2.24) is 5.32 Å². The van der Waals surface area contributed by atoms with E-state index in [9.17, 15) is 18.4 Å². The Labute approximate surface area is 115 Å². The lowest BCUT2D eigenvalue weighted by atomic mass is 10.1. The summed E-state index contributed by atoms with van der Waals surface area (Å²) in [5, 5.41) is 2.62. The van der Waals surface area contributed by atoms with Gasteiger partial charge in [0.25, 0.3) is 5.91 Å². The zero-order valence-corrected chi connectivity index (χ0v) is 11.0. The summed E-state index contributed by atoms with van der Waals surface area (Å²) < 4.78 is 30.9. The van der Waals surface area contributed by atoms with Crippen molar-refractivity contribution in [1.29, 1.82) is 0 Å². The van der Waals surface area contributed by atoms with Crippen LogP contribution in [0.1, 0.15) is 29.6 Å². The lowest BCUT2D eigenvalue weighted by Gasteiger charge is -2.17. The first kappa shape index (κ1) is 14.4. The van der Waals surface area contributed by atoms with Crippen LogP contribution in [0.15, 0.2) is 18.2 Å². The Hall–Kier alpha value is -1.98. The highest BCUT2D eigenvalue weighted by molar-refractivity contribution is 5.94. The minimum atomic E-state index is -0.921. The average Bonchev–Trinajstić information content (AvgIpc) is 3.21. The van der Waals surface area contributed by atoms with Crippen LogP contribution in [0.2, 0.25) is 0 Å². The van der Waals surface area contributed by atoms with Gasteiger partial charge in [-0.1, -0.05) is 0 Å². The molecule has 0 radical (unpaired) electrons. The van der Waals surface area contributed by atoms with Gasteiger partial charge in [-0.25, -0.2) is 8.78 Å². The molecule has 1 aliphatic carbocycles. The number of carbonyl (C=O) groups excluding carboxylic acids is 2. The third kappa shape index (κ3) is 3.53. The number of rotatable bonds is 5. The topological polar surface area (TPSA) is 55.4 Å². The molecular formula is C14H15F2NO3. The molecule has 0 spiro atoms. The van der Waals surface area contributed by atoms with E-state index in [-0.39, 0.29) is 23.9 Å². The van der Waals surface area contributed by atoms with E-state index >= 15 is 0 Å². The Balaban J connectivity index is 2.06. The van der Waals surface area contributed by atoms with Gasteiger partial charge in [-0.3, -0.25) is 9.59 Å². The molecule has 1 amide bonds. The molecule has 0 aromatic heterocycles. The minimum Gasteiger partial charge on any atom is -0.469 e. The van der Waals surface area contributed by atoms with Gasteiger partial charge in [-0.15, -0.1) is 0 Å². The van der Waals surface area contributed by atoms with Gasteiger partial charge in [0, 0.05) is 12.1 Å². The fourth-order valence-corrected chi connectivity index (χ4v) is 2.02. The zero-order valence-electron chi connectivity index (χ0n) is 11.0. The molecule has 0 unspecified atom stereocenters. The molecule has 2 rings (SSSR count). The standard InChI is InChI=1S/C14H15F2NO3/c1-20-13(18)7-12(8-2-3-8)17-14(19)10-5-4-9(15)6-11(10)16/h4-6,8,12H,2-3,7H2,1H3,(H,17,19)/t12-/m0/s1. The number of hydrogen-bond donors (Lipinski definition) is 1. The first-order valence-electron chi connectivity index (χ1n) is 6.34. The Morgan fingerprint density at radius 2 is 2.10 bits per heavy atom. The summed E-state index contributed by atoms with van der Waals surface area (Å²) in [6.07, 6.45) is 1.87. The number of hydrogen-bond acceptors (Lipinski definition) is 3. The molecule has 1 atom stereocenters. The highest BCUT2D eigenvalue weighted by Gasteiger charge is 2.34. The SMILES string of the molecule is COC(=O)C[C@H](NC(=O)c1ccc(F)cc1F)C1CC1. The van der Waals surface area contributed by atoms with E-state index in [0.29, 0.717) is 6.07 Å². The summed E-state index contributed by atoms with van der Waals surface area (Å²) in [5.41, 5.74) is -0.234. The molecular weight excluding hydrogens is 268 g/mol. The maximum absolute atomic E-state index is 13.5. The van der Waals surface area contributed by atoms with Crippen LogP contribution in [-0.4, -0.2) is 25.0 Å². The van der Waals surface area contributed by atoms with Crippen molar-refractivity contribution in [3.05, 3.63) is 35.4 Å². The van der Waals surface area contributed by atoms with Crippen molar-refractivity contribution in [2.75, 3.05) is 7.11 Å². The summed E-state index contributed by atoms with van der Waals surface area (Å²) in [6, 6.07) is 2.38. The van der Waals surface area contributed by atoms with Crippen LogP contribution >= 0.6 is 0 Å². The highest BCUT2D eigenvalue weighted by atomic mass is 19.1. The molecule has 1 fully saturated rings. The molecule has 1 aliphatic rings. The lowest BCUT2D eigenvalue weighted by molar-refractivity contribution is -0.141. The maximum Gasteiger partial charge on any atom is 0.307 e. The van der Waals surface area contributed by atoms with E-state index in [0.717, 1.165) is 25.0 Å². The van der Waals surface area contributed by atoms with Gasteiger partial charge in [0.15, 0.2) is 0 Å². The van der Waals surface area contributed by atoms with Crippen LogP contribution in [0.3, 0.4) is 0 Å². The fraction of sp³-hybridized carbons (Fsp3) is 0.429. The zero-order chi connectivity index (χ0) is 14.7. The Morgan fingerprint density at radius 1 is 1.40 bits per heavy atom. The Morgan fingerprint density at radius 3 is 2.65 bits per heavy atom. The summed E-state index contributed by atoms with van der Waals surface area (Å²) in [4.78, 5) is 23.3. The van der Waals surface area contributed by atoms with E-state index in [1.165, 1.54) is 7.11 Å². The number of benzene rings is 1. The first-order valence-corrected chi connectivity index (χ1v) is 6.34. The second-order valence-electron chi connectivity index (χ2n) is 4.82. The molecule has 0 heterocycles. The van der Waals surface area contributed by atoms with Gasteiger partial charge in [-0.05, 0) is 30.9 Å². The first-order chi connectivity index (χ1) is 9.51. The molecule has 0 aliphatic heterocycles. The molecule has 0 saturated heterocycles. The van der Waals surface area contributed by atoms with Crippen molar-refractivity contribution < 1.29 is 23.1 Å². The van der Waals surface area contributed by atoms with Crippen LogP contribution in [0.25, 0.3) is 0 Å². The molecule has 4 nitrogen and oxygen atoms in total. The highest BCUT2D eigenvalue weighted by Crippen LogP contribution is 2.34. The van der Waals surface area contributed by atoms with E-state index in [2.05, 4.69) is 10.1 Å². The Kier molecular flexibility index (Phi) is 4.32. The monoisotopic (exact) mass is 283 g/mol. The number of ether oxygens (including phenoxy) is 1. The van der Waals surface area contributed by atoms with Crippen molar-refractivity contribution >= 4 is 11.9 Å². The van der Waals surface area contributed by atoms with Crippen LogP contribution in [0.4, 0.5) is 8.78 Å². The fourth-order valence-electron chi connectivity index (χ4n) is 2.02. The molecule has 1 N–H and O–H groups in total. The van der Waals surface area contributed by atoms with E-state index in [1.54, 1.807) is 0 Å². The predicted molar refractivity (Wildman–Crippen MR) is 67.0 cm³/mol. The van der Waals surface area contributed by atoms with Gasteiger partial charge in [0.1, 0.15) is 11.6 Å². The van der Waals surface area contributed by atoms with Crippen LogP contribution < -0.4 is 5.32 Å². The molecule has 108 valence electrons. The quantitative estimate of drug-likeness (QED) is 0.841. The maximum atomic E-state index is 13.5. The van der Waals surface area contributed by atoms with Gasteiger partial charge in [0.2, 0.25) is 0 Å². The van der Waals surface area contributed by atoms with Crippen molar-refractivity contribution in [3.63, 3.8) is 0 Å². The number of carbonyl (C=O) groups is 2. The summed E-state index contributed by atoms with van der Waals surface area (Å²) >= 11 is 0. The number of amides is 1. The van der Waals surface area contributed by atoms with Gasteiger partial charge in [-0.2, -0.15) is 0 Å². The molecule has 6 heteroatoms. The van der Waals surface area contributed by atoms with E-state index in [4.69, 9.17) is 0 Å². The number of halogens is 2. The average molecular weight is 283 g/mol. The minimum absolute atomic E-state index is 0.0513. The molecule has 1 aromatic carbocycles. The second kappa shape index (κ2) is 5.98. The smallest absolute Gasteiger partial charge is 0.307 e. The molecule has 1 saturated carbocycles. The second-order valence-corrected chi connectivity index (χ2v) is 4.82. The largest absolute Gasteiger partial charge is 0.469 e. The van der Waals surface area contributed by atoms with Gasteiger partial charge < -0.3 is 10.1 Å². The van der Waals surface area contributed by atoms with Crippen molar-refractivity contribution in [2.45, 2.75) is 25.3 Å². The number of nitrogens with one attached hydrogen (secondary N) is 1.